The van der Waals surface area contributed by atoms with Crippen LogP contribution in [-0.4, -0.2) is 65.0 Å². The van der Waals surface area contributed by atoms with Crippen LogP contribution < -0.4 is 0 Å². The maximum absolute atomic E-state index is 13.1. The average Bonchev–Trinajstić information content (AvgIpc) is 3.08. The summed E-state index contributed by atoms with van der Waals surface area (Å²) in [6.45, 7) is 1.61. The molecule has 2 aliphatic heterocycles. The number of likely N-dealkylation sites (tertiary alicyclic amines) is 1. The molecule has 4 atom stereocenters. The first kappa shape index (κ1) is 25.6. The number of hydrogen-bond donors (Lipinski definition) is 3. The number of halogens is 1. The molecule has 0 unspecified atom stereocenters. The minimum Gasteiger partial charge on any atom is -0.507 e. The molecule has 1 aliphatic carbocycles. The number of phenols is 1. The maximum Gasteiger partial charge on any atom is 0.455 e. The zero-order valence-corrected chi connectivity index (χ0v) is 21.0. The molecular weight excluding hydrogens is 521 g/mol. The van der Waals surface area contributed by atoms with E-state index in [1.165, 1.54) is 0 Å². The number of aliphatic hydroxyl groups excluding tert-OH is 1. The Morgan fingerprint density at radius 2 is 2.06 bits per heavy atom. The highest BCUT2D eigenvalue weighted by Gasteiger charge is 2.59. The van der Waals surface area contributed by atoms with Crippen LogP contribution in [-0.2, 0) is 19.0 Å². The van der Waals surface area contributed by atoms with Gasteiger partial charge >= 0.3 is 13.2 Å². The number of carbonyl (C=O) groups is 3. The van der Waals surface area contributed by atoms with Crippen LogP contribution in [0.1, 0.15) is 31.7 Å². The van der Waals surface area contributed by atoms with E-state index in [1.807, 2.05) is 13.0 Å². The van der Waals surface area contributed by atoms with Gasteiger partial charge in [0.1, 0.15) is 5.75 Å². The van der Waals surface area contributed by atoms with Gasteiger partial charge in [-0.25, -0.2) is 4.79 Å². The molecule has 0 bridgehead atoms. The zero-order valence-electron chi connectivity index (χ0n) is 19.4. The van der Waals surface area contributed by atoms with E-state index >= 15 is 0 Å². The summed E-state index contributed by atoms with van der Waals surface area (Å²) >= 11 is 3.39. The molecule has 0 saturated carbocycles. The van der Waals surface area contributed by atoms with Crippen molar-refractivity contribution in [2.45, 2.75) is 38.6 Å². The lowest BCUT2D eigenvalue weighted by Crippen LogP contribution is -2.46. The van der Waals surface area contributed by atoms with Crippen LogP contribution in [0, 0.1) is 17.8 Å². The topological polar surface area (TPSA) is 134 Å². The van der Waals surface area contributed by atoms with E-state index < -0.39 is 48.9 Å². The maximum atomic E-state index is 13.1. The Morgan fingerprint density at radius 1 is 1.31 bits per heavy atom. The van der Waals surface area contributed by atoms with Gasteiger partial charge in [-0.2, -0.15) is 4.90 Å². The fourth-order valence-corrected chi connectivity index (χ4v) is 5.90. The number of nitrogens with zero attached hydrogens (tertiary/aromatic N) is 1. The number of amides is 3. The first-order chi connectivity index (χ1) is 16.7. The SMILES string of the molecule is COC(=O)N1C(=O)[C@@H]2[C@@H](CC(CO)=C3[C@@H](CC/C(C)=C/c4cc(Br)ccc4O)OB(O)C[C@@H]32)C1=O. The number of rotatable bonds is 5. The van der Waals surface area contributed by atoms with Gasteiger partial charge in [0.15, 0.2) is 0 Å². The number of fused-ring (bicyclic) bond motifs is 3. The van der Waals surface area contributed by atoms with Gasteiger partial charge in [0.25, 0.3) is 0 Å². The molecule has 2 saturated heterocycles. The lowest BCUT2D eigenvalue weighted by Gasteiger charge is -2.42. The van der Waals surface area contributed by atoms with Crippen LogP contribution >= 0.6 is 15.9 Å². The van der Waals surface area contributed by atoms with Gasteiger partial charge < -0.3 is 24.6 Å². The molecule has 1 aromatic rings. The van der Waals surface area contributed by atoms with Crippen molar-refractivity contribution in [3.8, 4) is 5.75 Å². The van der Waals surface area contributed by atoms with Crippen molar-refractivity contribution in [3.05, 3.63) is 45.0 Å². The second kappa shape index (κ2) is 10.3. The van der Waals surface area contributed by atoms with E-state index in [2.05, 4.69) is 20.7 Å². The molecule has 35 heavy (non-hydrogen) atoms. The lowest BCUT2D eigenvalue weighted by atomic mass is 9.58. The van der Waals surface area contributed by atoms with Crippen LogP contribution in [0.5, 0.6) is 5.75 Å². The van der Waals surface area contributed by atoms with Crippen LogP contribution in [0.4, 0.5) is 4.79 Å². The molecular formula is C24H27BBrNO8. The lowest BCUT2D eigenvalue weighted by molar-refractivity contribution is -0.137. The summed E-state index contributed by atoms with van der Waals surface area (Å²) in [5, 5.41) is 30.7. The van der Waals surface area contributed by atoms with Crippen molar-refractivity contribution in [2.75, 3.05) is 13.7 Å². The van der Waals surface area contributed by atoms with Crippen LogP contribution in [0.3, 0.4) is 0 Å². The minimum absolute atomic E-state index is 0.0886. The Morgan fingerprint density at radius 3 is 2.74 bits per heavy atom. The summed E-state index contributed by atoms with van der Waals surface area (Å²) in [6, 6.07) is 5.15. The third kappa shape index (κ3) is 4.82. The van der Waals surface area contributed by atoms with E-state index in [0.717, 1.165) is 22.7 Å². The number of imide groups is 3. The van der Waals surface area contributed by atoms with E-state index in [9.17, 15) is 29.6 Å². The number of benzene rings is 1. The summed E-state index contributed by atoms with van der Waals surface area (Å²) in [4.78, 5) is 38.6. The molecule has 4 rings (SSSR count). The van der Waals surface area contributed by atoms with Crippen molar-refractivity contribution < 1.29 is 39.0 Å². The average molecular weight is 548 g/mol. The van der Waals surface area contributed by atoms with E-state index in [1.54, 1.807) is 18.2 Å². The molecule has 0 spiro atoms. The molecule has 11 heteroatoms. The van der Waals surface area contributed by atoms with Crippen molar-refractivity contribution in [1.82, 2.24) is 4.90 Å². The predicted octanol–water partition coefficient (Wildman–Crippen LogP) is 2.89. The summed E-state index contributed by atoms with van der Waals surface area (Å²) in [5.41, 5.74) is 2.95. The number of hydrogen-bond acceptors (Lipinski definition) is 8. The summed E-state index contributed by atoms with van der Waals surface area (Å²) < 4.78 is 11.3. The monoisotopic (exact) mass is 547 g/mol. The van der Waals surface area contributed by atoms with Crippen molar-refractivity contribution in [2.24, 2.45) is 17.8 Å². The molecule has 0 radical (unpaired) electrons. The smallest absolute Gasteiger partial charge is 0.455 e. The third-order valence-corrected chi connectivity index (χ3v) is 7.54. The van der Waals surface area contributed by atoms with Gasteiger partial charge in [0, 0.05) is 10.0 Å². The number of ether oxygens (including phenoxy) is 1. The third-order valence-electron chi connectivity index (χ3n) is 7.05. The predicted molar refractivity (Wildman–Crippen MR) is 130 cm³/mol. The molecule has 2 heterocycles. The number of aliphatic hydroxyl groups is 1. The van der Waals surface area contributed by atoms with Gasteiger partial charge in [-0.15, -0.1) is 0 Å². The first-order valence-electron chi connectivity index (χ1n) is 11.4. The van der Waals surface area contributed by atoms with Crippen molar-refractivity contribution in [1.29, 1.82) is 0 Å². The Labute approximate surface area is 211 Å². The standard InChI is InChI=1S/C24H27BBrNO8/c1-12(7-13-8-15(26)4-5-18(13)29)3-6-19-20-14(11-28)9-16-21(17(20)10-25(33)35-19)23(31)27(22(16)30)24(32)34-2/h4-5,7-8,16-17,19,21,28-29,33H,3,6,9-11H2,1-2H3/b12-7+/t16-,17+,19-,21-/m1/s1. The van der Waals surface area contributed by atoms with Gasteiger partial charge in [0.2, 0.25) is 11.8 Å². The second-order valence-corrected chi connectivity index (χ2v) is 10.1. The fourth-order valence-electron chi connectivity index (χ4n) is 5.52. The Kier molecular flexibility index (Phi) is 7.51. The highest BCUT2D eigenvalue weighted by atomic mass is 79.9. The van der Waals surface area contributed by atoms with Gasteiger partial charge in [0.05, 0.1) is 31.7 Å². The number of allylic oxidation sites excluding steroid dienone is 1. The fraction of sp³-hybridized carbons (Fsp3) is 0.458. The molecule has 186 valence electrons. The summed E-state index contributed by atoms with van der Waals surface area (Å²) in [5.74, 6) is -3.26. The van der Waals surface area contributed by atoms with Crippen molar-refractivity contribution >= 4 is 47.0 Å². The quantitative estimate of drug-likeness (QED) is 0.291. The second-order valence-electron chi connectivity index (χ2n) is 9.19. The number of carbonyl (C=O) groups excluding carboxylic acids is 3. The van der Waals surface area contributed by atoms with E-state index in [4.69, 9.17) is 4.65 Å². The molecule has 3 amide bonds. The number of phenolic OH excluding ortho intramolecular Hbond substituents is 1. The van der Waals surface area contributed by atoms with Gasteiger partial charge in [-0.3, -0.25) is 9.59 Å². The van der Waals surface area contributed by atoms with Crippen molar-refractivity contribution in [3.63, 3.8) is 0 Å². The highest BCUT2D eigenvalue weighted by molar-refractivity contribution is 9.10. The number of methoxy groups -OCH3 is 1. The van der Waals surface area contributed by atoms with Gasteiger partial charge in [-0.1, -0.05) is 27.6 Å². The molecule has 0 aromatic heterocycles. The Bertz CT molecular complexity index is 1120. The normalized spacial score (nSPS) is 26.7. The molecule has 9 nitrogen and oxygen atoms in total. The molecule has 3 aliphatic rings. The highest BCUT2D eigenvalue weighted by Crippen LogP contribution is 2.50. The van der Waals surface area contributed by atoms with E-state index in [-0.39, 0.29) is 25.1 Å². The summed E-state index contributed by atoms with van der Waals surface area (Å²) in [6.07, 6.45) is 1.52. The largest absolute Gasteiger partial charge is 0.507 e. The minimum atomic E-state index is -1.15. The van der Waals surface area contributed by atoms with E-state index in [0.29, 0.717) is 28.9 Å². The van der Waals surface area contributed by atoms with Crippen LogP contribution in [0.2, 0.25) is 6.32 Å². The molecule has 2 fully saturated rings. The summed E-state index contributed by atoms with van der Waals surface area (Å²) in [7, 11) is -0.0491. The van der Waals surface area contributed by atoms with Crippen LogP contribution in [0.25, 0.3) is 6.08 Å². The van der Waals surface area contributed by atoms with Crippen LogP contribution in [0.15, 0.2) is 39.4 Å². The Balaban J connectivity index is 1.60. The Hall–Kier alpha value is -2.47. The van der Waals surface area contributed by atoms with Gasteiger partial charge in [-0.05, 0) is 67.8 Å². The first-order valence-corrected chi connectivity index (χ1v) is 12.2. The number of aromatic hydroxyl groups is 1. The molecule has 1 aromatic carbocycles. The molecule has 3 N–H and O–H groups in total. The zero-order chi connectivity index (χ0) is 25.4.